The second-order valence-corrected chi connectivity index (χ2v) is 3.73. The summed E-state index contributed by atoms with van der Waals surface area (Å²) in [5.41, 5.74) is 1.65. The molecule has 0 aliphatic heterocycles. The van der Waals surface area contributed by atoms with Gasteiger partial charge in [-0.05, 0) is 25.0 Å². The highest BCUT2D eigenvalue weighted by molar-refractivity contribution is 5.92. The zero-order valence-corrected chi connectivity index (χ0v) is 8.93. The van der Waals surface area contributed by atoms with Gasteiger partial charge in [0.1, 0.15) is 0 Å². The summed E-state index contributed by atoms with van der Waals surface area (Å²) in [6.07, 6.45) is 4.06. The van der Waals surface area contributed by atoms with Crippen molar-refractivity contribution in [3.05, 3.63) is 29.6 Å². The lowest BCUT2D eigenvalue weighted by molar-refractivity contribution is -0.0757. The molecule has 0 saturated heterocycles. The van der Waals surface area contributed by atoms with Crippen LogP contribution in [0.3, 0.4) is 0 Å². The van der Waals surface area contributed by atoms with Crippen molar-refractivity contribution < 1.29 is 9.63 Å². The minimum absolute atomic E-state index is 0.174. The largest absolute Gasteiger partial charge is 0.278 e. The van der Waals surface area contributed by atoms with Crippen LogP contribution < -0.4 is 0 Å². The Morgan fingerprint density at radius 2 is 2.27 bits per heavy atom. The number of pyridine rings is 1. The number of carbonyl (C=O) groups is 1. The minimum Gasteiger partial charge on any atom is -0.274 e. The van der Waals surface area contributed by atoms with Crippen LogP contribution in [0.5, 0.6) is 0 Å². The zero-order chi connectivity index (χ0) is 10.8. The average molecular weight is 206 g/mol. The third kappa shape index (κ3) is 2.15. The van der Waals surface area contributed by atoms with Crippen molar-refractivity contribution in [2.24, 2.45) is 0 Å². The van der Waals surface area contributed by atoms with Gasteiger partial charge < -0.3 is 0 Å². The van der Waals surface area contributed by atoms with Gasteiger partial charge in [-0.1, -0.05) is 0 Å². The van der Waals surface area contributed by atoms with Crippen molar-refractivity contribution in [3.63, 3.8) is 0 Å². The van der Waals surface area contributed by atoms with E-state index in [4.69, 9.17) is 4.84 Å². The first-order valence-corrected chi connectivity index (χ1v) is 5.00. The zero-order valence-electron chi connectivity index (χ0n) is 8.93. The smallest absolute Gasteiger partial charge is 0.274 e. The maximum atomic E-state index is 11.6. The summed E-state index contributed by atoms with van der Waals surface area (Å²) in [5, 5.41) is 1.19. The molecular formula is C11H14N2O2. The Labute approximate surface area is 88.8 Å². The predicted octanol–water partition coefficient (Wildman–Crippen LogP) is 1.59. The quantitative estimate of drug-likeness (QED) is 0.705. The van der Waals surface area contributed by atoms with Crippen LogP contribution in [0.25, 0.3) is 0 Å². The van der Waals surface area contributed by atoms with Gasteiger partial charge in [0.25, 0.3) is 5.91 Å². The summed E-state index contributed by atoms with van der Waals surface area (Å²) < 4.78 is 0. The van der Waals surface area contributed by atoms with Crippen LogP contribution in [-0.2, 0) is 4.84 Å². The van der Waals surface area contributed by atoms with E-state index in [-0.39, 0.29) is 5.91 Å². The molecule has 1 amide bonds. The molecule has 0 unspecified atom stereocenters. The van der Waals surface area contributed by atoms with E-state index in [1.165, 1.54) is 25.0 Å². The number of aromatic nitrogens is 1. The van der Waals surface area contributed by atoms with Crippen LogP contribution in [0.15, 0.2) is 18.3 Å². The fourth-order valence-electron chi connectivity index (χ4n) is 1.42. The molecule has 0 bridgehead atoms. The summed E-state index contributed by atoms with van der Waals surface area (Å²) in [5.74, 6) is 0.446. The van der Waals surface area contributed by atoms with Crippen molar-refractivity contribution in [1.29, 1.82) is 0 Å². The summed E-state index contributed by atoms with van der Waals surface area (Å²) in [6, 6.07) is 3.73. The molecule has 0 aromatic carbocycles. The van der Waals surface area contributed by atoms with Gasteiger partial charge in [0, 0.05) is 24.9 Å². The molecule has 15 heavy (non-hydrogen) atoms. The normalized spacial score (nSPS) is 15.1. The molecule has 1 aliphatic carbocycles. The molecule has 1 fully saturated rings. The summed E-state index contributed by atoms with van der Waals surface area (Å²) in [4.78, 5) is 20.7. The lowest BCUT2D eigenvalue weighted by Crippen LogP contribution is -2.25. The Morgan fingerprint density at radius 3 is 2.73 bits per heavy atom. The Bertz CT molecular complexity index is 357. The molecule has 1 aromatic heterocycles. The summed E-state index contributed by atoms with van der Waals surface area (Å²) in [7, 11) is 3.04. The number of rotatable bonds is 3. The van der Waals surface area contributed by atoms with Crippen molar-refractivity contribution in [1.82, 2.24) is 10.0 Å². The van der Waals surface area contributed by atoms with E-state index in [0.717, 1.165) is 5.69 Å². The highest BCUT2D eigenvalue weighted by Gasteiger charge is 2.25. The van der Waals surface area contributed by atoms with Gasteiger partial charge in [0.05, 0.1) is 12.7 Å². The molecule has 1 aliphatic rings. The highest BCUT2D eigenvalue weighted by atomic mass is 16.7. The van der Waals surface area contributed by atoms with Crippen LogP contribution >= 0.6 is 0 Å². The van der Waals surface area contributed by atoms with Crippen LogP contribution in [0.4, 0.5) is 0 Å². The van der Waals surface area contributed by atoms with Gasteiger partial charge in [0.2, 0.25) is 0 Å². The standard InChI is InChI=1S/C11H14N2O2/c1-13(15-2)11(14)9-5-6-10(12-7-9)8-3-4-8/h5-8H,3-4H2,1-2H3. The van der Waals surface area contributed by atoms with Gasteiger partial charge in [-0.2, -0.15) is 0 Å². The van der Waals surface area contributed by atoms with E-state index in [0.29, 0.717) is 11.5 Å². The van der Waals surface area contributed by atoms with Crippen molar-refractivity contribution >= 4 is 5.91 Å². The van der Waals surface area contributed by atoms with Gasteiger partial charge in [0.15, 0.2) is 0 Å². The Balaban J connectivity index is 2.12. The molecule has 4 nitrogen and oxygen atoms in total. The number of hydrogen-bond acceptors (Lipinski definition) is 3. The first kappa shape index (κ1) is 10.1. The predicted molar refractivity (Wildman–Crippen MR) is 55.3 cm³/mol. The monoisotopic (exact) mass is 206 g/mol. The van der Waals surface area contributed by atoms with Crippen molar-refractivity contribution in [2.45, 2.75) is 18.8 Å². The van der Waals surface area contributed by atoms with Crippen molar-refractivity contribution in [2.75, 3.05) is 14.2 Å². The number of hydrogen-bond donors (Lipinski definition) is 0. The molecule has 0 atom stereocenters. The van der Waals surface area contributed by atoms with Crippen LogP contribution in [0.1, 0.15) is 34.8 Å². The lowest BCUT2D eigenvalue weighted by atomic mass is 10.2. The van der Waals surface area contributed by atoms with Gasteiger partial charge in [-0.3, -0.25) is 14.6 Å². The van der Waals surface area contributed by atoms with Crippen LogP contribution in [0, 0.1) is 0 Å². The number of amides is 1. The van der Waals surface area contributed by atoms with Gasteiger partial charge >= 0.3 is 0 Å². The Morgan fingerprint density at radius 1 is 1.53 bits per heavy atom. The maximum Gasteiger partial charge on any atom is 0.278 e. The maximum absolute atomic E-state index is 11.6. The molecule has 80 valence electrons. The summed E-state index contributed by atoms with van der Waals surface area (Å²) >= 11 is 0. The molecule has 0 N–H and O–H groups in total. The van der Waals surface area contributed by atoms with E-state index in [1.54, 1.807) is 19.3 Å². The van der Waals surface area contributed by atoms with E-state index in [1.807, 2.05) is 6.07 Å². The van der Waals surface area contributed by atoms with Crippen molar-refractivity contribution in [3.8, 4) is 0 Å². The second kappa shape index (κ2) is 3.98. The average Bonchev–Trinajstić information content (AvgIpc) is 3.11. The van der Waals surface area contributed by atoms with Gasteiger partial charge in [-0.15, -0.1) is 0 Å². The first-order valence-electron chi connectivity index (χ1n) is 5.00. The molecule has 4 heteroatoms. The number of carbonyl (C=O) groups excluding carboxylic acids is 1. The Hall–Kier alpha value is -1.42. The third-order valence-corrected chi connectivity index (χ3v) is 2.59. The third-order valence-electron chi connectivity index (χ3n) is 2.59. The number of hydroxylamine groups is 2. The SMILES string of the molecule is CON(C)C(=O)c1ccc(C2CC2)nc1. The Kier molecular flexibility index (Phi) is 2.68. The number of nitrogens with zero attached hydrogens (tertiary/aromatic N) is 2. The van der Waals surface area contributed by atoms with E-state index in [2.05, 4.69) is 4.98 Å². The second-order valence-electron chi connectivity index (χ2n) is 3.73. The molecular weight excluding hydrogens is 192 g/mol. The molecule has 1 aromatic rings. The molecule has 1 saturated carbocycles. The van der Waals surface area contributed by atoms with E-state index < -0.39 is 0 Å². The fraction of sp³-hybridized carbons (Fsp3) is 0.455. The van der Waals surface area contributed by atoms with E-state index >= 15 is 0 Å². The van der Waals surface area contributed by atoms with E-state index in [9.17, 15) is 4.79 Å². The molecule has 0 spiro atoms. The minimum atomic E-state index is -0.174. The van der Waals surface area contributed by atoms with Gasteiger partial charge in [-0.25, -0.2) is 5.06 Å². The molecule has 1 heterocycles. The van der Waals surface area contributed by atoms with Crippen LogP contribution in [0.2, 0.25) is 0 Å². The molecule has 2 rings (SSSR count). The van der Waals surface area contributed by atoms with Crippen LogP contribution in [-0.4, -0.2) is 30.1 Å². The molecule has 0 radical (unpaired) electrons. The summed E-state index contributed by atoms with van der Waals surface area (Å²) in [6.45, 7) is 0. The fourth-order valence-corrected chi connectivity index (χ4v) is 1.42. The topological polar surface area (TPSA) is 42.4 Å². The first-order chi connectivity index (χ1) is 7.22. The lowest BCUT2D eigenvalue weighted by Gasteiger charge is -2.13. The highest BCUT2D eigenvalue weighted by Crippen LogP contribution is 2.38.